The van der Waals surface area contributed by atoms with Crippen LogP contribution in [0.1, 0.15) is 1.37 Å². The number of benzene rings is 2. The smallest absolute Gasteiger partial charge is 0.235 e. The monoisotopic (exact) mass is 239 g/mol. The lowest BCUT2D eigenvalue weighted by Gasteiger charge is -2.05. The van der Waals surface area contributed by atoms with E-state index >= 15 is 0 Å². The maximum Gasteiger partial charge on any atom is 0.235 e. The van der Waals surface area contributed by atoms with Crippen molar-refractivity contribution >= 4 is 11.0 Å². The van der Waals surface area contributed by atoms with E-state index in [1.807, 2.05) is 6.07 Å². The Kier molecular flexibility index (Phi) is 2.12. The van der Waals surface area contributed by atoms with Crippen LogP contribution in [0, 0.1) is 0 Å². The van der Waals surface area contributed by atoms with E-state index in [0.717, 1.165) is 0 Å². The molecular weight excluding hydrogens is 228 g/mol. The molecule has 0 saturated carbocycles. The lowest BCUT2D eigenvalue weighted by molar-refractivity contribution is 0.449. The van der Waals surface area contributed by atoms with Crippen molar-refractivity contribution in [3.8, 4) is 17.1 Å². The van der Waals surface area contributed by atoms with Gasteiger partial charge in [-0.1, -0.05) is 42.4 Å². The third-order valence-corrected chi connectivity index (χ3v) is 2.75. The third-order valence-electron chi connectivity index (χ3n) is 2.75. The minimum atomic E-state index is -0.486. The molecule has 0 fully saturated rings. The molecular formula is C15H10O3. The van der Waals surface area contributed by atoms with E-state index in [-0.39, 0.29) is 17.2 Å². The van der Waals surface area contributed by atoms with Crippen molar-refractivity contribution in [3.05, 3.63) is 64.8 Å². The first-order chi connectivity index (χ1) is 9.16. The zero-order valence-corrected chi connectivity index (χ0v) is 9.38. The molecule has 0 saturated heterocycles. The first kappa shape index (κ1) is 9.48. The topological polar surface area (TPSA) is 50.4 Å². The minimum Gasteiger partial charge on any atom is -0.502 e. The van der Waals surface area contributed by atoms with Gasteiger partial charge in [0.2, 0.25) is 11.2 Å². The molecule has 0 atom stereocenters. The van der Waals surface area contributed by atoms with Crippen molar-refractivity contribution in [2.45, 2.75) is 0 Å². The Balaban J connectivity index is 2.38. The molecule has 1 aromatic heterocycles. The van der Waals surface area contributed by atoms with Crippen molar-refractivity contribution in [2.75, 3.05) is 0 Å². The van der Waals surface area contributed by atoms with Crippen molar-refractivity contribution in [3.63, 3.8) is 0 Å². The van der Waals surface area contributed by atoms with E-state index in [4.69, 9.17) is 5.79 Å². The number of rotatable bonds is 1. The molecule has 3 rings (SSSR count). The first-order valence-electron chi connectivity index (χ1n) is 5.98. The Morgan fingerprint density at radius 1 is 1.06 bits per heavy atom. The summed E-state index contributed by atoms with van der Waals surface area (Å²) in [6.45, 7) is 0. The fraction of sp³-hybridized carbons (Fsp3) is 0. The number of para-hydroxylation sites is 1. The van der Waals surface area contributed by atoms with Crippen LogP contribution in [0.15, 0.2) is 63.8 Å². The second-order valence-corrected chi connectivity index (χ2v) is 3.90. The Bertz CT molecular complexity index is 807. The Morgan fingerprint density at radius 3 is 2.61 bits per heavy atom. The highest BCUT2D eigenvalue weighted by atomic mass is 16.4. The summed E-state index contributed by atoms with van der Waals surface area (Å²) < 4.78 is 13.1. The van der Waals surface area contributed by atoms with E-state index < -0.39 is 11.2 Å². The average molecular weight is 239 g/mol. The zero-order valence-electron chi connectivity index (χ0n) is 10.4. The molecule has 18 heavy (non-hydrogen) atoms. The lowest BCUT2D eigenvalue weighted by Crippen LogP contribution is -2.02. The van der Waals surface area contributed by atoms with Gasteiger partial charge in [-0.25, -0.2) is 0 Å². The fourth-order valence-corrected chi connectivity index (χ4v) is 1.86. The van der Waals surface area contributed by atoms with Crippen LogP contribution in [0.3, 0.4) is 0 Å². The van der Waals surface area contributed by atoms with Crippen LogP contribution in [-0.2, 0) is 0 Å². The van der Waals surface area contributed by atoms with Gasteiger partial charge in [-0.3, -0.25) is 4.79 Å². The summed E-state index contributed by atoms with van der Waals surface area (Å²) in [6, 6.07) is 13.6. The minimum absolute atomic E-state index is 0.128. The predicted molar refractivity (Wildman–Crippen MR) is 69.6 cm³/mol. The summed E-state index contributed by atoms with van der Waals surface area (Å²) >= 11 is 0. The highest BCUT2D eigenvalue weighted by Crippen LogP contribution is 2.29. The van der Waals surface area contributed by atoms with Gasteiger partial charge in [-0.15, -0.1) is 0 Å². The molecule has 0 unspecified atom stereocenters. The average Bonchev–Trinajstić information content (AvgIpc) is 2.43. The first-order valence-corrected chi connectivity index (χ1v) is 5.48. The van der Waals surface area contributed by atoms with Gasteiger partial charge in [0.15, 0.2) is 5.76 Å². The van der Waals surface area contributed by atoms with E-state index in [2.05, 4.69) is 0 Å². The van der Waals surface area contributed by atoms with Crippen molar-refractivity contribution < 1.29 is 10.9 Å². The summed E-state index contributed by atoms with van der Waals surface area (Å²) in [6.07, 6.45) is 0. The molecule has 1 N–H and O–H groups in total. The van der Waals surface area contributed by atoms with Gasteiger partial charge < -0.3 is 9.52 Å². The van der Waals surface area contributed by atoms with Gasteiger partial charge in [0.1, 0.15) is 5.58 Å². The molecule has 88 valence electrons. The molecule has 0 aliphatic carbocycles. The van der Waals surface area contributed by atoms with E-state index in [9.17, 15) is 9.90 Å². The molecule has 3 nitrogen and oxygen atoms in total. The van der Waals surface area contributed by atoms with Crippen LogP contribution in [0.25, 0.3) is 22.3 Å². The van der Waals surface area contributed by atoms with Crippen LogP contribution >= 0.6 is 0 Å². The summed E-state index contributed by atoms with van der Waals surface area (Å²) in [4.78, 5) is 12.1. The van der Waals surface area contributed by atoms with Crippen molar-refractivity contribution in [1.82, 2.24) is 0 Å². The maximum absolute atomic E-state index is 12.1. The molecule has 0 spiro atoms. The van der Waals surface area contributed by atoms with Gasteiger partial charge in [0.05, 0.1) is 6.76 Å². The SMILES string of the molecule is [2H]c1ccc2c(=O)c(O)c(-c3ccccc3)oc2c1. The Labute approximate surface area is 104 Å². The van der Waals surface area contributed by atoms with E-state index in [1.54, 1.807) is 24.3 Å². The van der Waals surface area contributed by atoms with Gasteiger partial charge >= 0.3 is 0 Å². The molecule has 0 aliphatic rings. The van der Waals surface area contributed by atoms with Gasteiger partial charge in [0.25, 0.3) is 0 Å². The van der Waals surface area contributed by atoms with Crippen LogP contribution in [0.2, 0.25) is 0 Å². The van der Waals surface area contributed by atoms with Crippen LogP contribution in [0.5, 0.6) is 5.75 Å². The molecule has 0 radical (unpaired) electrons. The molecule has 3 heteroatoms. The summed E-state index contributed by atoms with van der Waals surface area (Å²) in [5.74, 6) is -0.278. The van der Waals surface area contributed by atoms with Gasteiger partial charge in [-0.05, 0) is 12.1 Å². The normalized spacial score (nSPS) is 11.4. The second-order valence-electron chi connectivity index (χ2n) is 3.90. The maximum atomic E-state index is 12.1. The standard InChI is InChI=1S/C15H10O3/c16-13-11-8-4-5-9-12(11)18-15(14(13)17)10-6-2-1-3-7-10/h1-9,17H/i5D. The summed E-state index contributed by atoms with van der Waals surface area (Å²) in [5, 5.41) is 10.2. The third kappa shape index (κ3) is 1.57. The number of fused-ring (bicyclic) bond motifs is 1. The predicted octanol–water partition coefficient (Wildman–Crippen LogP) is 3.17. The molecule has 0 bridgehead atoms. The Hall–Kier alpha value is -2.55. The highest BCUT2D eigenvalue weighted by Gasteiger charge is 2.14. The summed E-state index contributed by atoms with van der Waals surface area (Å²) in [7, 11) is 0. The molecule has 0 amide bonds. The quantitative estimate of drug-likeness (QED) is 0.709. The second kappa shape index (κ2) is 4.04. The van der Waals surface area contributed by atoms with Gasteiger partial charge in [-0.2, -0.15) is 0 Å². The Morgan fingerprint density at radius 2 is 1.83 bits per heavy atom. The van der Waals surface area contributed by atoms with Crippen molar-refractivity contribution in [1.29, 1.82) is 0 Å². The zero-order chi connectivity index (χ0) is 13.4. The largest absolute Gasteiger partial charge is 0.502 e. The number of aromatic hydroxyl groups is 1. The highest BCUT2D eigenvalue weighted by molar-refractivity contribution is 5.81. The molecule has 3 aromatic rings. The number of hydrogen-bond donors (Lipinski definition) is 1. The van der Waals surface area contributed by atoms with E-state index in [1.165, 1.54) is 18.2 Å². The van der Waals surface area contributed by atoms with Crippen LogP contribution < -0.4 is 5.43 Å². The van der Waals surface area contributed by atoms with Crippen LogP contribution in [0.4, 0.5) is 0 Å². The van der Waals surface area contributed by atoms with Crippen molar-refractivity contribution in [2.24, 2.45) is 0 Å². The van der Waals surface area contributed by atoms with E-state index in [0.29, 0.717) is 11.1 Å². The van der Waals surface area contributed by atoms with Gasteiger partial charge in [0, 0.05) is 5.56 Å². The fourth-order valence-electron chi connectivity index (χ4n) is 1.86. The summed E-state index contributed by atoms with van der Waals surface area (Å²) in [5.41, 5.74) is 0.434. The number of hydrogen-bond acceptors (Lipinski definition) is 3. The molecule has 2 aromatic carbocycles. The molecule has 1 heterocycles. The van der Waals surface area contributed by atoms with Crippen LogP contribution in [-0.4, -0.2) is 5.11 Å². The molecule has 0 aliphatic heterocycles. The lowest BCUT2D eigenvalue weighted by atomic mass is 10.1.